The van der Waals surface area contributed by atoms with E-state index in [1.165, 1.54) is 24.9 Å². The lowest BCUT2D eigenvalue weighted by Gasteiger charge is -2.12. The Kier molecular flexibility index (Phi) is 8.00. The minimum Gasteiger partial charge on any atom is -0.493 e. The van der Waals surface area contributed by atoms with Crippen molar-refractivity contribution in [3.63, 3.8) is 0 Å². The van der Waals surface area contributed by atoms with Crippen LogP contribution in [0.15, 0.2) is 47.4 Å². The SMILES string of the molecule is COc1ccc(CCNC(=O)CSc2ccc(Cl)cc2)cc1OC(F)F. The first-order valence-corrected chi connectivity index (χ1v) is 9.11. The maximum atomic E-state index is 12.4. The fourth-order valence-corrected chi connectivity index (χ4v) is 3.00. The number of benzene rings is 2. The summed E-state index contributed by atoms with van der Waals surface area (Å²) in [6.45, 7) is -2.54. The highest BCUT2D eigenvalue weighted by molar-refractivity contribution is 8.00. The molecule has 0 aromatic heterocycles. The van der Waals surface area contributed by atoms with Crippen molar-refractivity contribution in [2.75, 3.05) is 19.4 Å². The lowest BCUT2D eigenvalue weighted by molar-refractivity contribution is -0.118. The number of thioether (sulfide) groups is 1. The van der Waals surface area contributed by atoms with E-state index in [1.807, 2.05) is 12.1 Å². The molecule has 8 heteroatoms. The topological polar surface area (TPSA) is 47.6 Å². The fourth-order valence-electron chi connectivity index (χ4n) is 2.14. The van der Waals surface area contributed by atoms with E-state index in [0.717, 1.165) is 10.5 Å². The van der Waals surface area contributed by atoms with Gasteiger partial charge in [0.15, 0.2) is 11.5 Å². The molecule has 0 fully saturated rings. The Morgan fingerprint density at radius 1 is 1.19 bits per heavy atom. The third kappa shape index (κ3) is 6.72. The normalized spacial score (nSPS) is 10.7. The monoisotopic (exact) mass is 401 g/mol. The summed E-state index contributed by atoms with van der Waals surface area (Å²) in [5, 5.41) is 3.44. The van der Waals surface area contributed by atoms with Crippen LogP contribution in [0, 0.1) is 0 Å². The van der Waals surface area contributed by atoms with Gasteiger partial charge in [-0.05, 0) is 48.4 Å². The van der Waals surface area contributed by atoms with Crippen molar-refractivity contribution >= 4 is 29.3 Å². The van der Waals surface area contributed by atoms with E-state index in [9.17, 15) is 13.6 Å². The van der Waals surface area contributed by atoms with Gasteiger partial charge in [0.2, 0.25) is 5.91 Å². The van der Waals surface area contributed by atoms with Crippen LogP contribution in [0.2, 0.25) is 5.02 Å². The first kappa shape index (κ1) is 20.3. The third-order valence-corrected chi connectivity index (χ3v) is 4.63. The van der Waals surface area contributed by atoms with Gasteiger partial charge in [-0.2, -0.15) is 8.78 Å². The molecular weight excluding hydrogens is 384 g/mol. The van der Waals surface area contributed by atoms with Gasteiger partial charge in [-0.3, -0.25) is 4.79 Å². The number of nitrogens with one attached hydrogen (secondary N) is 1. The Labute approximate surface area is 159 Å². The van der Waals surface area contributed by atoms with Gasteiger partial charge < -0.3 is 14.8 Å². The minimum atomic E-state index is -2.93. The maximum Gasteiger partial charge on any atom is 0.387 e. The molecule has 0 radical (unpaired) electrons. The lowest BCUT2D eigenvalue weighted by Crippen LogP contribution is -2.27. The van der Waals surface area contributed by atoms with Gasteiger partial charge in [-0.1, -0.05) is 17.7 Å². The van der Waals surface area contributed by atoms with E-state index >= 15 is 0 Å². The van der Waals surface area contributed by atoms with Crippen molar-refractivity contribution in [3.05, 3.63) is 53.1 Å². The van der Waals surface area contributed by atoms with Crippen LogP contribution in [-0.2, 0) is 11.2 Å². The number of methoxy groups -OCH3 is 1. The van der Waals surface area contributed by atoms with Gasteiger partial charge in [0.05, 0.1) is 12.9 Å². The Bertz CT molecular complexity index is 729. The van der Waals surface area contributed by atoms with Gasteiger partial charge in [-0.15, -0.1) is 11.8 Å². The molecule has 0 spiro atoms. The van der Waals surface area contributed by atoms with Gasteiger partial charge in [0.1, 0.15) is 0 Å². The van der Waals surface area contributed by atoms with Crippen molar-refractivity contribution in [3.8, 4) is 11.5 Å². The largest absolute Gasteiger partial charge is 0.493 e. The summed E-state index contributed by atoms with van der Waals surface area (Å²) < 4.78 is 34.3. The average molecular weight is 402 g/mol. The average Bonchev–Trinajstić information content (AvgIpc) is 2.61. The standard InChI is InChI=1S/C18H18ClF2NO3S/c1-24-15-7-2-12(10-16(15)25-18(20)21)8-9-22-17(23)11-26-14-5-3-13(19)4-6-14/h2-7,10,18H,8-9,11H2,1H3,(H,22,23). The first-order valence-electron chi connectivity index (χ1n) is 7.74. The van der Waals surface area contributed by atoms with Crippen LogP contribution in [0.5, 0.6) is 11.5 Å². The van der Waals surface area contributed by atoms with Crippen molar-refractivity contribution in [1.29, 1.82) is 0 Å². The summed E-state index contributed by atoms with van der Waals surface area (Å²) in [6, 6.07) is 12.0. The second kappa shape index (κ2) is 10.2. The van der Waals surface area contributed by atoms with Crippen LogP contribution in [0.25, 0.3) is 0 Å². The van der Waals surface area contributed by atoms with E-state index < -0.39 is 6.61 Å². The van der Waals surface area contributed by atoms with Crippen LogP contribution >= 0.6 is 23.4 Å². The van der Waals surface area contributed by atoms with E-state index in [-0.39, 0.29) is 23.2 Å². The molecule has 2 rings (SSSR count). The highest BCUT2D eigenvalue weighted by Gasteiger charge is 2.11. The molecule has 26 heavy (non-hydrogen) atoms. The van der Waals surface area contributed by atoms with E-state index in [4.69, 9.17) is 16.3 Å². The number of halogens is 3. The summed E-state index contributed by atoms with van der Waals surface area (Å²) in [7, 11) is 1.38. The third-order valence-electron chi connectivity index (χ3n) is 3.36. The summed E-state index contributed by atoms with van der Waals surface area (Å²) in [5.41, 5.74) is 0.757. The quantitative estimate of drug-likeness (QED) is 0.632. The molecule has 0 saturated heterocycles. The lowest BCUT2D eigenvalue weighted by atomic mass is 10.1. The predicted octanol–water partition coefficient (Wildman–Crippen LogP) is 4.40. The molecule has 0 aliphatic heterocycles. The summed E-state index contributed by atoms with van der Waals surface area (Å²) in [6.07, 6.45) is 0.487. The number of amides is 1. The van der Waals surface area contributed by atoms with E-state index in [2.05, 4.69) is 10.1 Å². The van der Waals surface area contributed by atoms with Gasteiger partial charge in [-0.25, -0.2) is 0 Å². The Hall–Kier alpha value is -1.99. The molecule has 2 aromatic rings. The molecule has 1 amide bonds. The van der Waals surface area contributed by atoms with E-state index in [1.54, 1.807) is 24.3 Å². The minimum absolute atomic E-state index is 0.0235. The molecular formula is C18H18ClF2NO3S. The van der Waals surface area contributed by atoms with E-state index in [0.29, 0.717) is 18.0 Å². The number of alkyl halides is 2. The van der Waals surface area contributed by atoms with Crippen LogP contribution in [0.4, 0.5) is 8.78 Å². The van der Waals surface area contributed by atoms with Gasteiger partial charge in [0, 0.05) is 16.5 Å². The smallest absolute Gasteiger partial charge is 0.387 e. The van der Waals surface area contributed by atoms with Crippen LogP contribution in [0.1, 0.15) is 5.56 Å². The number of hydrogen-bond acceptors (Lipinski definition) is 4. The predicted molar refractivity (Wildman–Crippen MR) is 98.5 cm³/mol. The molecule has 1 N–H and O–H groups in total. The zero-order chi connectivity index (χ0) is 18.9. The van der Waals surface area contributed by atoms with Crippen LogP contribution < -0.4 is 14.8 Å². The molecule has 0 aliphatic rings. The van der Waals surface area contributed by atoms with Gasteiger partial charge in [0.25, 0.3) is 0 Å². The molecule has 0 unspecified atom stereocenters. The number of carbonyl (C=O) groups is 1. The first-order chi connectivity index (χ1) is 12.5. The Balaban J connectivity index is 1.79. The molecule has 4 nitrogen and oxygen atoms in total. The van der Waals surface area contributed by atoms with Crippen molar-refractivity contribution in [1.82, 2.24) is 5.32 Å². The van der Waals surface area contributed by atoms with Crippen molar-refractivity contribution < 1.29 is 23.0 Å². The summed E-state index contributed by atoms with van der Waals surface area (Å²) in [5.74, 6) is 0.383. The second-order valence-electron chi connectivity index (χ2n) is 5.21. The number of rotatable bonds is 9. The van der Waals surface area contributed by atoms with Crippen LogP contribution in [-0.4, -0.2) is 31.9 Å². The number of ether oxygens (including phenoxy) is 2. The number of hydrogen-bond donors (Lipinski definition) is 1. The highest BCUT2D eigenvalue weighted by atomic mass is 35.5. The summed E-state index contributed by atoms with van der Waals surface area (Å²) in [4.78, 5) is 12.8. The highest BCUT2D eigenvalue weighted by Crippen LogP contribution is 2.29. The molecule has 0 atom stereocenters. The number of carbonyl (C=O) groups excluding carboxylic acids is 1. The molecule has 0 bridgehead atoms. The molecule has 0 aliphatic carbocycles. The molecule has 2 aromatic carbocycles. The Morgan fingerprint density at radius 2 is 1.92 bits per heavy atom. The summed E-state index contributed by atoms with van der Waals surface area (Å²) >= 11 is 7.22. The zero-order valence-electron chi connectivity index (χ0n) is 14.0. The van der Waals surface area contributed by atoms with Crippen molar-refractivity contribution in [2.45, 2.75) is 17.9 Å². The molecule has 140 valence electrons. The zero-order valence-corrected chi connectivity index (χ0v) is 15.6. The fraction of sp³-hybridized carbons (Fsp3) is 0.278. The van der Waals surface area contributed by atoms with Crippen molar-refractivity contribution in [2.24, 2.45) is 0 Å². The maximum absolute atomic E-state index is 12.4. The van der Waals surface area contributed by atoms with Gasteiger partial charge >= 0.3 is 6.61 Å². The molecule has 0 saturated carbocycles. The molecule has 0 heterocycles. The Morgan fingerprint density at radius 3 is 2.58 bits per heavy atom. The second-order valence-corrected chi connectivity index (χ2v) is 6.69. The van der Waals surface area contributed by atoms with Crippen LogP contribution in [0.3, 0.4) is 0 Å².